The number of sulfonamides is 1. The number of guanidine groups is 1. The van der Waals surface area contributed by atoms with E-state index in [0.717, 1.165) is 12.5 Å². The molecule has 1 aromatic rings. The SMILES string of the molecule is CCC(=O)N1CCC(NC(=NC)NCCNS(=O)(=O)c2cccc([N+](=O)[O-])c2)C1.I. The molecule has 13 heteroatoms. The number of halogens is 1. The molecule has 168 valence electrons. The topological polar surface area (TPSA) is 146 Å². The number of carbonyl (C=O) groups is 1. The number of hydrogen-bond acceptors (Lipinski definition) is 6. The van der Waals surface area contributed by atoms with Crippen molar-refractivity contribution in [1.29, 1.82) is 0 Å². The Balaban J connectivity index is 0.00000450. The fraction of sp³-hybridized carbons (Fsp3) is 0.529. The zero-order chi connectivity index (χ0) is 21.4. The molecule has 1 aromatic carbocycles. The van der Waals surface area contributed by atoms with Gasteiger partial charge in [-0.2, -0.15) is 0 Å². The molecule has 3 N–H and O–H groups in total. The number of aliphatic imine (C=N–C) groups is 1. The molecule has 1 unspecified atom stereocenters. The summed E-state index contributed by atoms with van der Waals surface area (Å²) in [6.07, 6.45) is 1.29. The third kappa shape index (κ3) is 7.36. The molecule has 0 saturated carbocycles. The number of non-ortho nitro benzene ring substituents is 1. The molecule has 1 heterocycles. The second-order valence-electron chi connectivity index (χ2n) is 6.47. The van der Waals surface area contributed by atoms with Crippen LogP contribution >= 0.6 is 24.0 Å². The maximum Gasteiger partial charge on any atom is 0.270 e. The second-order valence-corrected chi connectivity index (χ2v) is 8.24. The van der Waals surface area contributed by atoms with Crippen molar-refractivity contribution in [3.8, 4) is 0 Å². The Hall–Kier alpha value is -2.00. The highest BCUT2D eigenvalue weighted by Crippen LogP contribution is 2.16. The van der Waals surface area contributed by atoms with E-state index in [4.69, 9.17) is 0 Å². The van der Waals surface area contributed by atoms with E-state index in [2.05, 4.69) is 20.3 Å². The summed E-state index contributed by atoms with van der Waals surface area (Å²) in [4.78, 5) is 27.6. The summed E-state index contributed by atoms with van der Waals surface area (Å²) < 4.78 is 27.0. The lowest BCUT2D eigenvalue weighted by Gasteiger charge is -2.18. The van der Waals surface area contributed by atoms with E-state index in [1.54, 1.807) is 11.9 Å². The summed E-state index contributed by atoms with van der Waals surface area (Å²) >= 11 is 0. The Labute approximate surface area is 192 Å². The van der Waals surface area contributed by atoms with Crippen LogP contribution in [0.4, 0.5) is 5.69 Å². The molecular formula is C17H27IN6O5S. The van der Waals surface area contributed by atoms with Gasteiger partial charge >= 0.3 is 0 Å². The maximum absolute atomic E-state index is 12.3. The van der Waals surface area contributed by atoms with Crippen LogP contribution < -0.4 is 15.4 Å². The summed E-state index contributed by atoms with van der Waals surface area (Å²) in [5.74, 6) is 0.628. The van der Waals surface area contributed by atoms with Crippen LogP contribution in [-0.2, 0) is 14.8 Å². The summed E-state index contributed by atoms with van der Waals surface area (Å²) in [5.41, 5.74) is -0.289. The van der Waals surface area contributed by atoms with Crippen molar-refractivity contribution in [2.45, 2.75) is 30.7 Å². The van der Waals surface area contributed by atoms with Crippen LogP contribution in [0.5, 0.6) is 0 Å². The van der Waals surface area contributed by atoms with Gasteiger partial charge in [-0.3, -0.25) is 19.9 Å². The first kappa shape index (κ1) is 26.0. The van der Waals surface area contributed by atoms with Crippen molar-refractivity contribution in [1.82, 2.24) is 20.3 Å². The van der Waals surface area contributed by atoms with Gasteiger partial charge in [0.2, 0.25) is 15.9 Å². The minimum Gasteiger partial charge on any atom is -0.355 e. The van der Waals surface area contributed by atoms with Crippen LogP contribution in [0.2, 0.25) is 0 Å². The number of nitro groups is 1. The number of nitrogens with one attached hydrogen (secondary N) is 3. The van der Waals surface area contributed by atoms with Crippen molar-refractivity contribution in [3.63, 3.8) is 0 Å². The molecule has 11 nitrogen and oxygen atoms in total. The smallest absolute Gasteiger partial charge is 0.270 e. The Bertz CT molecular complexity index is 879. The average molecular weight is 554 g/mol. The number of carbonyl (C=O) groups excluding carboxylic acids is 1. The molecule has 1 fully saturated rings. The lowest BCUT2D eigenvalue weighted by Crippen LogP contribution is -2.46. The van der Waals surface area contributed by atoms with Gasteiger partial charge in [-0.15, -0.1) is 24.0 Å². The van der Waals surface area contributed by atoms with E-state index >= 15 is 0 Å². The number of amides is 1. The van der Waals surface area contributed by atoms with Gasteiger partial charge in [0.25, 0.3) is 5.69 Å². The molecule has 0 radical (unpaired) electrons. The van der Waals surface area contributed by atoms with E-state index in [9.17, 15) is 23.3 Å². The van der Waals surface area contributed by atoms with E-state index in [1.807, 2.05) is 6.92 Å². The minimum absolute atomic E-state index is 0. The van der Waals surface area contributed by atoms with E-state index in [-0.39, 0.29) is 59.6 Å². The van der Waals surface area contributed by atoms with Gasteiger partial charge in [-0.1, -0.05) is 13.0 Å². The van der Waals surface area contributed by atoms with Crippen molar-refractivity contribution < 1.29 is 18.1 Å². The largest absolute Gasteiger partial charge is 0.355 e. The lowest BCUT2D eigenvalue weighted by molar-refractivity contribution is -0.385. The average Bonchev–Trinajstić information content (AvgIpc) is 3.18. The normalized spacial score (nSPS) is 16.7. The molecule has 2 rings (SSSR count). The molecule has 0 aliphatic carbocycles. The Morgan fingerprint density at radius 1 is 1.37 bits per heavy atom. The van der Waals surface area contributed by atoms with Gasteiger partial charge in [0, 0.05) is 57.8 Å². The van der Waals surface area contributed by atoms with Crippen molar-refractivity contribution in [3.05, 3.63) is 34.4 Å². The lowest BCUT2D eigenvalue weighted by atomic mass is 10.3. The Morgan fingerprint density at radius 3 is 2.73 bits per heavy atom. The van der Waals surface area contributed by atoms with Crippen molar-refractivity contribution in [2.75, 3.05) is 33.2 Å². The summed E-state index contributed by atoms with van der Waals surface area (Å²) in [6.45, 7) is 3.46. The van der Waals surface area contributed by atoms with Gasteiger partial charge in [-0.05, 0) is 12.5 Å². The van der Waals surface area contributed by atoms with Crippen LogP contribution in [0.1, 0.15) is 19.8 Å². The number of hydrogen-bond donors (Lipinski definition) is 3. The molecular weight excluding hydrogens is 527 g/mol. The van der Waals surface area contributed by atoms with Gasteiger partial charge in [-0.25, -0.2) is 13.1 Å². The third-order valence-corrected chi connectivity index (χ3v) is 5.91. The fourth-order valence-electron chi connectivity index (χ4n) is 2.93. The molecule has 0 bridgehead atoms. The number of rotatable bonds is 8. The van der Waals surface area contributed by atoms with Crippen LogP contribution in [0.3, 0.4) is 0 Å². The monoisotopic (exact) mass is 554 g/mol. The summed E-state index contributed by atoms with van der Waals surface area (Å²) in [5, 5.41) is 17.0. The molecule has 1 atom stereocenters. The van der Waals surface area contributed by atoms with Crippen LogP contribution in [-0.4, -0.2) is 69.4 Å². The fourth-order valence-corrected chi connectivity index (χ4v) is 4.00. The zero-order valence-corrected chi connectivity index (χ0v) is 20.0. The predicted octanol–water partition coefficient (Wildman–Crippen LogP) is 0.667. The zero-order valence-electron chi connectivity index (χ0n) is 16.8. The molecule has 0 spiro atoms. The van der Waals surface area contributed by atoms with Crippen LogP contribution in [0.25, 0.3) is 0 Å². The molecule has 1 aliphatic heterocycles. The van der Waals surface area contributed by atoms with Gasteiger partial charge in [0.15, 0.2) is 5.96 Å². The quantitative estimate of drug-likeness (QED) is 0.107. The first-order valence-corrected chi connectivity index (χ1v) is 10.7. The van der Waals surface area contributed by atoms with E-state index in [0.29, 0.717) is 25.5 Å². The van der Waals surface area contributed by atoms with Gasteiger partial charge < -0.3 is 15.5 Å². The molecule has 1 saturated heterocycles. The predicted molar refractivity (Wildman–Crippen MR) is 123 cm³/mol. The number of likely N-dealkylation sites (tertiary alicyclic amines) is 1. The van der Waals surface area contributed by atoms with Crippen LogP contribution in [0, 0.1) is 10.1 Å². The standard InChI is InChI=1S/C17H26N6O5S.HI/c1-3-16(24)22-10-7-13(12-22)21-17(18-2)19-8-9-20-29(27,28)15-6-4-5-14(11-15)23(25)26;/h4-6,11,13,20H,3,7-10,12H2,1-2H3,(H2,18,19,21);1H. The number of nitrogens with zero attached hydrogens (tertiary/aromatic N) is 3. The minimum atomic E-state index is -3.86. The Kier molecular flexibility index (Phi) is 10.4. The first-order chi connectivity index (χ1) is 13.8. The molecule has 30 heavy (non-hydrogen) atoms. The Morgan fingerprint density at radius 2 is 2.10 bits per heavy atom. The highest BCUT2D eigenvalue weighted by Gasteiger charge is 2.25. The highest BCUT2D eigenvalue weighted by atomic mass is 127. The summed E-state index contributed by atoms with van der Waals surface area (Å²) in [7, 11) is -2.26. The van der Waals surface area contributed by atoms with Crippen molar-refractivity contribution in [2.24, 2.45) is 4.99 Å². The van der Waals surface area contributed by atoms with Crippen LogP contribution in [0.15, 0.2) is 34.2 Å². The van der Waals surface area contributed by atoms with Gasteiger partial charge in [0.05, 0.1) is 9.82 Å². The van der Waals surface area contributed by atoms with Crippen molar-refractivity contribution >= 4 is 51.6 Å². The molecule has 0 aromatic heterocycles. The maximum atomic E-state index is 12.3. The highest BCUT2D eigenvalue weighted by molar-refractivity contribution is 14.0. The number of nitro benzene ring substituents is 1. The first-order valence-electron chi connectivity index (χ1n) is 9.26. The van der Waals surface area contributed by atoms with Gasteiger partial charge in [0.1, 0.15) is 0 Å². The molecule has 1 amide bonds. The second kappa shape index (κ2) is 12.0. The third-order valence-electron chi connectivity index (χ3n) is 4.46. The van der Waals surface area contributed by atoms with E-state index < -0.39 is 14.9 Å². The van der Waals surface area contributed by atoms with E-state index in [1.165, 1.54) is 18.2 Å². The molecule has 1 aliphatic rings. The summed E-state index contributed by atoms with van der Waals surface area (Å²) in [6, 6.07) is 4.95. The number of benzene rings is 1.